The maximum absolute atomic E-state index is 13.9. The van der Waals surface area contributed by atoms with Crippen molar-refractivity contribution in [2.24, 2.45) is 4.99 Å². The highest BCUT2D eigenvalue weighted by Crippen LogP contribution is 2.34. The molecule has 3 amide bonds. The normalized spacial score (nSPS) is 14.4. The number of unbranched alkanes of at least 4 members (excludes halogenated alkanes) is 1. The lowest BCUT2D eigenvalue weighted by Crippen LogP contribution is -2.32. The summed E-state index contributed by atoms with van der Waals surface area (Å²) in [4.78, 5) is 35.0. The molecule has 1 fully saturated rings. The minimum absolute atomic E-state index is 0.0323. The summed E-state index contributed by atoms with van der Waals surface area (Å²) in [6, 6.07) is 16.7. The molecule has 1 aromatic heterocycles. The molecule has 240 valence electrons. The smallest absolute Gasteiger partial charge is 0.406 e. The Kier molecular flexibility index (Phi) is 10.0. The first-order chi connectivity index (χ1) is 22.0. The number of thioether (sulfide) groups is 1. The van der Waals surface area contributed by atoms with Gasteiger partial charge < -0.3 is 10.1 Å². The molecule has 1 saturated heterocycles. The largest absolute Gasteiger partial charge is 0.573 e. The standard InChI is InChI=1S/C32H30F4N6O3S/c1-20(2)26-17-23(33)10-15-27(26)42-28(43)18-46-31(42)39-30(44)37-16-4-3-5-21-6-8-22(9-7-21)29-38-19-41(40-29)24-11-13-25(14-12-24)45-32(34,35)36/h6-15,17,19-20H,3-5,16,18H2,1-2H3,(H,37,44)/b39-31-. The first-order valence-corrected chi connectivity index (χ1v) is 15.4. The van der Waals surface area contributed by atoms with Crippen molar-refractivity contribution in [2.75, 3.05) is 17.2 Å². The quantitative estimate of drug-likeness (QED) is 0.143. The second-order valence-electron chi connectivity index (χ2n) is 10.7. The SMILES string of the molecule is CC(C)c1cc(F)ccc1N1C(=O)CS/C1=N\C(=O)NCCCCc1ccc(-c2ncn(-c3ccc(OC(F)(F)F)cc3)n2)cc1. The monoisotopic (exact) mass is 654 g/mol. The molecule has 5 rings (SSSR count). The molecule has 0 bridgehead atoms. The summed E-state index contributed by atoms with van der Waals surface area (Å²) < 4.78 is 56.4. The van der Waals surface area contributed by atoms with Gasteiger partial charge in [0.25, 0.3) is 0 Å². The minimum atomic E-state index is -4.76. The number of alkyl halides is 3. The predicted molar refractivity (Wildman–Crippen MR) is 168 cm³/mol. The molecule has 0 saturated carbocycles. The number of ether oxygens (including phenoxy) is 1. The summed E-state index contributed by atoms with van der Waals surface area (Å²) in [6.45, 7) is 4.22. The summed E-state index contributed by atoms with van der Waals surface area (Å²) in [7, 11) is 0. The van der Waals surface area contributed by atoms with Gasteiger partial charge in [0, 0.05) is 12.1 Å². The van der Waals surface area contributed by atoms with E-state index in [-0.39, 0.29) is 28.5 Å². The van der Waals surface area contributed by atoms with Crippen LogP contribution in [0.2, 0.25) is 0 Å². The number of aliphatic imine (C=N–C) groups is 1. The van der Waals surface area contributed by atoms with Crippen LogP contribution in [0.25, 0.3) is 17.1 Å². The van der Waals surface area contributed by atoms with Crippen LogP contribution in [-0.4, -0.2) is 50.5 Å². The molecule has 0 spiro atoms. The number of halogens is 4. The van der Waals surface area contributed by atoms with Gasteiger partial charge in [-0.1, -0.05) is 49.9 Å². The van der Waals surface area contributed by atoms with Gasteiger partial charge in [0.05, 0.1) is 17.1 Å². The van der Waals surface area contributed by atoms with Gasteiger partial charge in [0.15, 0.2) is 11.0 Å². The van der Waals surface area contributed by atoms with Crippen LogP contribution in [0.5, 0.6) is 5.75 Å². The summed E-state index contributed by atoms with van der Waals surface area (Å²) in [5.74, 6) is -0.345. The zero-order valence-corrected chi connectivity index (χ0v) is 25.7. The molecule has 0 atom stereocenters. The zero-order chi connectivity index (χ0) is 32.8. The highest BCUT2D eigenvalue weighted by Gasteiger charge is 2.33. The molecule has 1 N–H and O–H groups in total. The second kappa shape index (κ2) is 14.1. The molecule has 0 unspecified atom stereocenters. The van der Waals surface area contributed by atoms with E-state index in [1.54, 1.807) is 6.07 Å². The number of amidine groups is 1. The molecule has 3 aromatic carbocycles. The van der Waals surface area contributed by atoms with Crippen molar-refractivity contribution in [1.82, 2.24) is 20.1 Å². The van der Waals surface area contributed by atoms with Crippen molar-refractivity contribution in [2.45, 2.75) is 45.4 Å². The van der Waals surface area contributed by atoms with Gasteiger partial charge in [-0.2, -0.15) is 4.99 Å². The van der Waals surface area contributed by atoms with Crippen molar-refractivity contribution < 1.29 is 31.9 Å². The van der Waals surface area contributed by atoms with Crippen LogP contribution < -0.4 is 15.0 Å². The van der Waals surface area contributed by atoms with Gasteiger partial charge in [0.1, 0.15) is 17.9 Å². The fourth-order valence-electron chi connectivity index (χ4n) is 4.79. The number of carbonyl (C=O) groups is 2. The van der Waals surface area contributed by atoms with E-state index < -0.39 is 18.2 Å². The van der Waals surface area contributed by atoms with Crippen molar-refractivity contribution >= 4 is 34.6 Å². The van der Waals surface area contributed by atoms with Crippen LogP contribution in [0.3, 0.4) is 0 Å². The number of nitrogens with zero attached hydrogens (tertiary/aromatic N) is 5. The van der Waals surface area contributed by atoms with Crippen molar-refractivity contribution in [1.29, 1.82) is 0 Å². The fraction of sp³-hybridized carbons (Fsp3) is 0.281. The van der Waals surface area contributed by atoms with E-state index in [9.17, 15) is 27.2 Å². The molecule has 2 heterocycles. The third-order valence-corrected chi connectivity index (χ3v) is 7.95. The Labute approximate surface area is 266 Å². The number of urea groups is 1. The van der Waals surface area contributed by atoms with E-state index in [0.29, 0.717) is 35.7 Å². The Morgan fingerprint density at radius 1 is 1.07 bits per heavy atom. The number of hydrogen-bond donors (Lipinski definition) is 1. The van der Waals surface area contributed by atoms with Gasteiger partial charge in [-0.25, -0.2) is 18.9 Å². The molecule has 46 heavy (non-hydrogen) atoms. The van der Waals surface area contributed by atoms with Crippen molar-refractivity contribution in [3.8, 4) is 22.8 Å². The van der Waals surface area contributed by atoms with Crippen molar-refractivity contribution in [3.63, 3.8) is 0 Å². The maximum Gasteiger partial charge on any atom is 0.573 e. The number of nitrogens with one attached hydrogen (secondary N) is 1. The van der Waals surface area contributed by atoms with E-state index in [4.69, 9.17) is 0 Å². The first kappa shape index (κ1) is 32.7. The van der Waals surface area contributed by atoms with E-state index in [0.717, 1.165) is 24.0 Å². The Balaban J connectivity index is 1.09. The number of carbonyl (C=O) groups excluding carboxylic acids is 2. The van der Waals surface area contributed by atoms with Gasteiger partial charge in [-0.3, -0.25) is 9.69 Å². The van der Waals surface area contributed by atoms with Crippen LogP contribution >= 0.6 is 11.8 Å². The molecule has 9 nitrogen and oxygen atoms in total. The number of amides is 3. The number of hydrogen-bond acceptors (Lipinski definition) is 6. The van der Waals surface area contributed by atoms with Gasteiger partial charge in [0.2, 0.25) is 5.91 Å². The average molecular weight is 655 g/mol. The van der Waals surface area contributed by atoms with Gasteiger partial charge in [-0.05, 0) is 78.8 Å². The Bertz CT molecular complexity index is 1720. The topological polar surface area (TPSA) is 102 Å². The molecular weight excluding hydrogens is 624 g/mol. The first-order valence-electron chi connectivity index (χ1n) is 14.5. The van der Waals surface area contributed by atoms with E-state index in [1.807, 2.05) is 38.1 Å². The lowest BCUT2D eigenvalue weighted by molar-refractivity contribution is -0.274. The Morgan fingerprint density at radius 2 is 1.80 bits per heavy atom. The summed E-state index contributed by atoms with van der Waals surface area (Å²) >= 11 is 1.17. The van der Waals surface area contributed by atoms with Crippen LogP contribution in [0.4, 0.5) is 28.0 Å². The number of rotatable bonds is 10. The van der Waals surface area contributed by atoms with Gasteiger partial charge >= 0.3 is 12.4 Å². The Hall–Kier alpha value is -4.72. The fourth-order valence-corrected chi connectivity index (χ4v) is 5.65. The van der Waals surface area contributed by atoms with Crippen LogP contribution in [0.15, 0.2) is 78.0 Å². The zero-order valence-electron chi connectivity index (χ0n) is 24.9. The van der Waals surface area contributed by atoms with Crippen molar-refractivity contribution in [3.05, 3.63) is 90.0 Å². The van der Waals surface area contributed by atoms with Gasteiger partial charge in [-0.15, -0.1) is 18.3 Å². The minimum Gasteiger partial charge on any atom is -0.406 e. The molecular formula is C32H30F4N6O3S. The Morgan fingerprint density at radius 3 is 2.50 bits per heavy atom. The molecule has 1 aliphatic rings. The van der Waals surface area contributed by atoms with E-state index in [1.165, 1.54) is 64.1 Å². The molecule has 14 heteroatoms. The summed E-state index contributed by atoms with van der Waals surface area (Å²) in [6.07, 6.45) is -0.980. The van der Waals surface area contributed by atoms with Crippen LogP contribution in [0, 0.1) is 5.82 Å². The predicted octanol–water partition coefficient (Wildman–Crippen LogP) is 7.26. The number of aromatic nitrogens is 3. The highest BCUT2D eigenvalue weighted by molar-refractivity contribution is 8.15. The molecule has 0 aliphatic carbocycles. The van der Waals surface area contributed by atoms with Crippen LogP contribution in [0.1, 0.15) is 43.7 Å². The van der Waals surface area contributed by atoms with Crippen LogP contribution in [-0.2, 0) is 11.2 Å². The van der Waals surface area contributed by atoms with E-state index in [2.05, 4.69) is 25.1 Å². The average Bonchev–Trinajstić information content (AvgIpc) is 3.64. The summed E-state index contributed by atoms with van der Waals surface area (Å²) in [5, 5.41) is 7.46. The third-order valence-electron chi connectivity index (χ3n) is 7.02. The molecule has 0 radical (unpaired) electrons. The molecule has 1 aliphatic heterocycles. The maximum atomic E-state index is 13.9. The number of anilines is 1. The summed E-state index contributed by atoms with van der Waals surface area (Å²) in [5.41, 5.74) is 3.59. The lowest BCUT2D eigenvalue weighted by atomic mass is 10.0. The highest BCUT2D eigenvalue weighted by atomic mass is 32.2. The lowest BCUT2D eigenvalue weighted by Gasteiger charge is -2.21. The second-order valence-corrected chi connectivity index (χ2v) is 11.7. The molecule has 4 aromatic rings. The van der Waals surface area contributed by atoms with E-state index >= 15 is 0 Å². The third kappa shape index (κ3) is 8.30. The number of aryl methyl sites for hydroxylation is 1. The number of benzene rings is 3.